The summed E-state index contributed by atoms with van der Waals surface area (Å²) in [7, 11) is 0. The highest BCUT2D eigenvalue weighted by molar-refractivity contribution is 6.28. The molecule has 0 N–H and O–H groups in total. The van der Waals surface area contributed by atoms with Gasteiger partial charge in [0.25, 0.3) is 0 Å². The lowest BCUT2D eigenvalue weighted by Gasteiger charge is -2.23. The molecule has 0 amide bonds. The molecule has 4 aliphatic carbocycles. The summed E-state index contributed by atoms with van der Waals surface area (Å²) in [6, 6.07) is 133. The Morgan fingerprint density at radius 3 is 0.963 bits per heavy atom. The van der Waals surface area contributed by atoms with Crippen LogP contribution in [0.1, 0.15) is 74.9 Å². The van der Waals surface area contributed by atoms with E-state index < -0.39 is 0 Å². The van der Waals surface area contributed by atoms with Gasteiger partial charge in [-0.3, -0.25) is 0 Å². The van der Waals surface area contributed by atoms with Gasteiger partial charge in [-0.1, -0.05) is 351 Å². The van der Waals surface area contributed by atoms with E-state index in [9.17, 15) is 0 Å². The van der Waals surface area contributed by atoms with E-state index in [1.54, 1.807) is 0 Å². The van der Waals surface area contributed by atoms with Gasteiger partial charge in [0.05, 0.1) is 0 Å². The fraction of sp³-hybridized carbons (Fsp3) is 0.0826. The molecule has 0 spiro atoms. The topological polar surface area (TPSA) is 0 Å². The Balaban J connectivity index is 0.000000135. The van der Waals surface area contributed by atoms with E-state index in [2.05, 4.69) is 393 Å². The Morgan fingerprint density at radius 1 is 0.147 bits per heavy atom. The van der Waals surface area contributed by atoms with E-state index in [0.717, 1.165) is 0 Å². The van der Waals surface area contributed by atoms with Gasteiger partial charge in [-0.15, -0.1) is 0 Å². The maximum atomic E-state index is 2.50. The number of benzene rings is 19. The molecule has 0 aliphatic heterocycles. The largest absolute Gasteiger partial charge is 0.0619 e. The van der Waals surface area contributed by atoms with Crippen molar-refractivity contribution >= 4 is 75.4 Å². The van der Waals surface area contributed by atoms with Crippen molar-refractivity contribution in [1.29, 1.82) is 0 Å². The molecule has 512 valence electrons. The van der Waals surface area contributed by atoms with Crippen LogP contribution in [0, 0.1) is 0 Å². The summed E-state index contributed by atoms with van der Waals surface area (Å²) in [5, 5.41) is 17.9. The van der Waals surface area contributed by atoms with Gasteiger partial charge in [-0.2, -0.15) is 0 Å². The molecular weight excluding hydrogens is 1310 g/mol. The van der Waals surface area contributed by atoms with E-state index in [1.165, 1.54) is 231 Å². The van der Waals surface area contributed by atoms with E-state index >= 15 is 0 Å². The molecule has 0 nitrogen and oxygen atoms in total. The lowest BCUT2D eigenvalue weighted by atomic mass is 9.80. The van der Waals surface area contributed by atoms with Gasteiger partial charge < -0.3 is 0 Å². The van der Waals surface area contributed by atoms with Gasteiger partial charge >= 0.3 is 0 Å². The Labute approximate surface area is 636 Å². The second-order valence-electron chi connectivity index (χ2n) is 32.5. The highest BCUT2D eigenvalue weighted by Crippen LogP contribution is 2.58. The predicted octanol–water partition coefficient (Wildman–Crippen LogP) is 30.0. The minimum atomic E-state index is -0.0913. The molecule has 109 heavy (non-hydrogen) atoms. The molecule has 0 atom stereocenters. The summed E-state index contributed by atoms with van der Waals surface area (Å²) in [6.45, 7) is 14.3. The molecule has 0 saturated heterocycles. The normalized spacial score (nSPS) is 14.0. The van der Waals surface area contributed by atoms with Crippen molar-refractivity contribution in [3.8, 4) is 122 Å². The monoisotopic (exact) mass is 1380 g/mol. The Morgan fingerprint density at radius 2 is 0.450 bits per heavy atom. The average molecular weight is 1390 g/mol. The van der Waals surface area contributed by atoms with Crippen molar-refractivity contribution in [3.63, 3.8) is 0 Å². The van der Waals surface area contributed by atoms with Crippen LogP contribution in [0.5, 0.6) is 0 Å². The van der Waals surface area contributed by atoms with Crippen LogP contribution in [0.15, 0.2) is 352 Å². The minimum Gasteiger partial charge on any atom is -0.0619 e. The highest BCUT2D eigenvalue weighted by Gasteiger charge is 2.39. The molecule has 0 heterocycles. The zero-order valence-electron chi connectivity index (χ0n) is 62.0. The van der Waals surface area contributed by atoms with Crippen LogP contribution in [0.25, 0.3) is 198 Å². The minimum absolute atomic E-state index is 0.0335. The molecule has 23 rings (SSSR count). The molecule has 0 saturated carbocycles. The zero-order chi connectivity index (χ0) is 72.8. The van der Waals surface area contributed by atoms with Gasteiger partial charge in [-0.05, 0) is 274 Å². The molecule has 0 bridgehead atoms. The van der Waals surface area contributed by atoms with Crippen LogP contribution < -0.4 is 0 Å². The first-order valence-corrected chi connectivity index (χ1v) is 38.7. The average Bonchev–Trinajstić information content (AvgIpc) is 1.71. The van der Waals surface area contributed by atoms with Crippen LogP contribution >= 0.6 is 0 Å². The molecule has 0 fully saturated rings. The van der Waals surface area contributed by atoms with Gasteiger partial charge in [0.15, 0.2) is 0 Å². The molecule has 0 aromatic heterocycles. The number of hydrogen-bond donors (Lipinski definition) is 0. The fourth-order valence-electron chi connectivity index (χ4n) is 20.3. The van der Waals surface area contributed by atoms with Gasteiger partial charge in [0.1, 0.15) is 0 Å². The highest BCUT2D eigenvalue weighted by atomic mass is 14.4. The molecule has 0 heteroatoms. The van der Waals surface area contributed by atoms with Gasteiger partial charge in [0.2, 0.25) is 0 Å². The first kappa shape index (κ1) is 63.3. The van der Waals surface area contributed by atoms with Crippen molar-refractivity contribution in [2.45, 2.75) is 57.8 Å². The van der Waals surface area contributed by atoms with Crippen LogP contribution in [0.2, 0.25) is 0 Å². The van der Waals surface area contributed by atoms with E-state index in [4.69, 9.17) is 0 Å². The van der Waals surface area contributed by atoms with Crippen LogP contribution in [-0.4, -0.2) is 0 Å². The molecule has 19 aromatic carbocycles. The van der Waals surface area contributed by atoms with Crippen molar-refractivity contribution in [2.24, 2.45) is 0 Å². The Bertz CT molecular complexity index is 7160. The second kappa shape index (κ2) is 23.5. The van der Waals surface area contributed by atoms with E-state index in [-0.39, 0.29) is 16.2 Å². The summed E-state index contributed by atoms with van der Waals surface area (Å²) in [5.41, 5.74) is 36.8. The van der Waals surface area contributed by atoms with E-state index in [0.29, 0.717) is 0 Å². The summed E-state index contributed by atoms with van der Waals surface area (Å²) in [4.78, 5) is 0. The number of fused-ring (bicyclic) bond motifs is 18. The lowest BCUT2D eigenvalue weighted by molar-refractivity contribution is 0.660. The third kappa shape index (κ3) is 9.31. The third-order valence-corrected chi connectivity index (χ3v) is 25.6. The van der Waals surface area contributed by atoms with Crippen molar-refractivity contribution in [2.75, 3.05) is 0 Å². The zero-order valence-corrected chi connectivity index (χ0v) is 62.0. The maximum Gasteiger partial charge on any atom is 0.0159 e. The quantitative estimate of drug-likeness (QED) is 0.146. The fourth-order valence-corrected chi connectivity index (χ4v) is 20.3. The van der Waals surface area contributed by atoms with Crippen molar-refractivity contribution in [1.82, 2.24) is 0 Å². The van der Waals surface area contributed by atoms with E-state index in [1.807, 2.05) is 0 Å². The number of rotatable bonds is 6. The van der Waals surface area contributed by atoms with Crippen LogP contribution in [0.3, 0.4) is 0 Å². The molecule has 19 aromatic rings. The summed E-state index contributed by atoms with van der Waals surface area (Å²) < 4.78 is 0. The summed E-state index contributed by atoms with van der Waals surface area (Å²) >= 11 is 0. The van der Waals surface area contributed by atoms with Crippen molar-refractivity contribution in [3.05, 3.63) is 385 Å². The predicted molar refractivity (Wildman–Crippen MR) is 465 cm³/mol. The Kier molecular flexibility index (Phi) is 13.6. The molecule has 4 aliphatic rings. The van der Waals surface area contributed by atoms with Crippen LogP contribution in [0.4, 0.5) is 0 Å². The van der Waals surface area contributed by atoms with Crippen LogP contribution in [-0.2, 0) is 16.2 Å². The third-order valence-electron chi connectivity index (χ3n) is 25.6. The maximum absolute atomic E-state index is 2.50. The molecule has 0 radical (unpaired) electrons. The summed E-state index contributed by atoms with van der Waals surface area (Å²) in [5.74, 6) is 0. The van der Waals surface area contributed by atoms with Gasteiger partial charge in [0, 0.05) is 16.2 Å². The number of hydrogen-bond acceptors (Lipinski definition) is 0. The SMILES string of the molecule is CC1(C)c2ccccc2-c2cc(-c3c4ccccc4c(-c4ccc5c(c4)C(C)(C)c4ccccc4-5)c4cc(-c5ccc6ccccc6c5)ccc34)ccc21.CC1(C)c2ccccc2-c2ccc(-c3c4ccccc4c(-c4ccc5c6c(cccc46)-c4ccccc4-5)c4ccc(-c5ccc6ccccc6c5)cc34)cc21. The first-order valence-electron chi connectivity index (χ1n) is 38.7. The lowest BCUT2D eigenvalue weighted by Crippen LogP contribution is -2.14. The Hall–Kier alpha value is -13.0. The first-order chi connectivity index (χ1) is 53.3. The molecular formula is C109H76. The van der Waals surface area contributed by atoms with Gasteiger partial charge in [-0.25, -0.2) is 0 Å². The van der Waals surface area contributed by atoms with Crippen molar-refractivity contribution < 1.29 is 0 Å². The summed E-state index contributed by atoms with van der Waals surface area (Å²) in [6.07, 6.45) is 0. The standard InChI is InChI=1S/C55H36.C54H40/c1-55(2)50-21-10-9-16-40(50)41-26-25-37(32-51(41)55)52-43-17-7-8-18-44(43)54(47-29-28-46-39-15-6-5-14-38(39)42-19-11-20-45(47)53(42)46)48-27-24-36(31-49(48)52)35-23-22-33-12-3-4-13-34(33)30-35;1-53(2)48-20-12-10-16-40(48)45-31-37(25-28-49(45)53)51-42-17-7-8-18-43(42)52(38-24-26-41-39-15-9-11-19-47(39)54(3,4)50(41)32-38)46-30-36(23-27-44(46)51)35-22-21-33-13-5-6-14-34(33)29-35/h3-32H,1-2H3;5-32H,1-4H3. The molecule has 0 unspecified atom stereocenters. The smallest absolute Gasteiger partial charge is 0.0159 e. The second-order valence-corrected chi connectivity index (χ2v) is 32.5.